The molecule has 0 saturated carbocycles. The molecule has 1 heterocycles. The number of esters is 1. The van der Waals surface area contributed by atoms with Crippen molar-refractivity contribution in [3.63, 3.8) is 0 Å². The maximum Gasteiger partial charge on any atom is 0.338 e. The van der Waals surface area contributed by atoms with Crippen LogP contribution in [0.1, 0.15) is 23.0 Å². The maximum atomic E-state index is 12.2. The lowest BCUT2D eigenvalue weighted by Gasteiger charge is -2.11. The number of nitrogens with zero attached hydrogens (tertiary/aromatic N) is 1. The molecule has 0 bridgehead atoms. The first-order valence-electron chi connectivity index (χ1n) is 7.96. The van der Waals surface area contributed by atoms with Gasteiger partial charge >= 0.3 is 5.97 Å². The van der Waals surface area contributed by atoms with Gasteiger partial charge in [-0.15, -0.1) is 0 Å². The molecule has 27 heavy (non-hydrogen) atoms. The van der Waals surface area contributed by atoms with Crippen LogP contribution in [0.5, 0.6) is 11.5 Å². The number of pyridine rings is 1. The molecule has 2 rings (SSSR count). The first-order valence-corrected chi connectivity index (χ1v) is 8.71. The van der Waals surface area contributed by atoms with Gasteiger partial charge in [0.15, 0.2) is 23.9 Å². The lowest BCUT2D eigenvalue weighted by atomic mass is 10.2. The number of carbonyl (C=O) groups excluding carboxylic acids is 2. The van der Waals surface area contributed by atoms with Crippen LogP contribution in [0, 0.1) is 6.92 Å². The fraction of sp³-hybridized carbons (Fsp3) is 0.278. The molecule has 0 radical (unpaired) electrons. The van der Waals surface area contributed by atoms with Crippen LogP contribution in [0.25, 0.3) is 0 Å². The molecule has 144 valence electrons. The van der Waals surface area contributed by atoms with Crippen LogP contribution in [-0.4, -0.2) is 37.2 Å². The van der Waals surface area contributed by atoms with Gasteiger partial charge < -0.3 is 19.5 Å². The van der Waals surface area contributed by atoms with Gasteiger partial charge in [-0.3, -0.25) is 4.79 Å². The van der Waals surface area contributed by atoms with E-state index < -0.39 is 18.5 Å². The number of carbonyl (C=O) groups is 2. The van der Waals surface area contributed by atoms with Gasteiger partial charge in [0.1, 0.15) is 0 Å². The lowest BCUT2D eigenvalue weighted by molar-refractivity contribution is -0.119. The minimum Gasteiger partial charge on any atom is -0.493 e. The predicted octanol–water partition coefficient (Wildman–Crippen LogP) is 3.90. The Hall–Kier alpha value is -2.51. The fourth-order valence-corrected chi connectivity index (χ4v) is 2.51. The van der Waals surface area contributed by atoms with E-state index in [-0.39, 0.29) is 16.4 Å². The van der Waals surface area contributed by atoms with Gasteiger partial charge in [-0.2, -0.15) is 0 Å². The smallest absolute Gasteiger partial charge is 0.338 e. The summed E-state index contributed by atoms with van der Waals surface area (Å²) in [6.45, 7) is 3.39. The van der Waals surface area contributed by atoms with E-state index in [0.29, 0.717) is 28.8 Å². The number of halogens is 2. The highest BCUT2D eigenvalue weighted by Crippen LogP contribution is 2.28. The Morgan fingerprint density at radius 2 is 1.89 bits per heavy atom. The van der Waals surface area contributed by atoms with Crippen LogP contribution in [-0.2, 0) is 9.53 Å². The summed E-state index contributed by atoms with van der Waals surface area (Å²) in [5.41, 5.74) is 0.737. The van der Waals surface area contributed by atoms with Crippen LogP contribution < -0.4 is 14.8 Å². The highest BCUT2D eigenvalue weighted by atomic mass is 35.5. The third kappa shape index (κ3) is 5.48. The van der Waals surface area contributed by atoms with Crippen LogP contribution in [0.2, 0.25) is 10.0 Å². The third-order valence-electron chi connectivity index (χ3n) is 3.40. The molecule has 1 N–H and O–H groups in total. The molecular weight excluding hydrogens is 395 g/mol. The molecular formula is C18H18Cl2N2O5. The molecule has 7 nitrogen and oxygen atoms in total. The van der Waals surface area contributed by atoms with Gasteiger partial charge in [-0.1, -0.05) is 23.2 Å². The average Bonchev–Trinajstić information content (AvgIpc) is 2.64. The number of rotatable bonds is 7. The molecule has 0 saturated heterocycles. The summed E-state index contributed by atoms with van der Waals surface area (Å²) in [5, 5.41) is 3.04. The van der Waals surface area contributed by atoms with E-state index in [4.69, 9.17) is 37.4 Å². The number of amides is 1. The molecule has 0 spiro atoms. The van der Waals surface area contributed by atoms with Crippen molar-refractivity contribution in [3.8, 4) is 11.5 Å². The van der Waals surface area contributed by atoms with E-state index in [1.165, 1.54) is 25.3 Å². The second-order valence-electron chi connectivity index (χ2n) is 5.31. The highest BCUT2D eigenvalue weighted by Gasteiger charge is 2.15. The van der Waals surface area contributed by atoms with Crippen molar-refractivity contribution in [1.29, 1.82) is 0 Å². The number of methoxy groups -OCH3 is 1. The molecule has 1 aromatic heterocycles. The Bertz CT molecular complexity index is 858. The van der Waals surface area contributed by atoms with Gasteiger partial charge in [0.25, 0.3) is 5.91 Å². The van der Waals surface area contributed by atoms with Crippen LogP contribution in [0.3, 0.4) is 0 Å². The maximum absolute atomic E-state index is 12.2. The molecule has 0 aliphatic rings. The summed E-state index contributed by atoms with van der Waals surface area (Å²) >= 11 is 11.9. The fourth-order valence-electron chi connectivity index (χ4n) is 2.10. The Kier molecular flexibility index (Phi) is 7.27. The molecule has 0 aliphatic carbocycles. The van der Waals surface area contributed by atoms with E-state index >= 15 is 0 Å². The first-order chi connectivity index (χ1) is 12.8. The number of anilines is 1. The van der Waals surface area contributed by atoms with E-state index in [0.717, 1.165) is 0 Å². The Balaban J connectivity index is 2.00. The van der Waals surface area contributed by atoms with E-state index in [9.17, 15) is 9.59 Å². The summed E-state index contributed by atoms with van der Waals surface area (Å²) < 4.78 is 15.6. The second-order valence-corrected chi connectivity index (χ2v) is 6.12. The molecule has 1 aromatic carbocycles. The molecule has 0 fully saturated rings. The zero-order chi connectivity index (χ0) is 20.0. The van der Waals surface area contributed by atoms with Crippen molar-refractivity contribution in [2.24, 2.45) is 0 Å². The number of ether oxygens (including phenoxy) is 3. The normalized spacial score (nSPS) is 10.3. The van der Waals surface area contributed by atoms with Crippen molar-refractivity contribution < 1.29 is 23.8 Å². The van der Waals surface area contributed by atoms with Crippen LogP contribution in [0.15, 0.2) is 24.3 Å². The molecule has 2 aromatic rings. The van der Waals surface area contributed by atoms with Gasteiger partial charge in [-0.25, -0.2) is 9.78 Å². The number of nitrogens with one attached hydrogen (secondary N) is 1. The van der Waals surface area contributed by atoms with Crippen molar-refractivity contribution in [2.75, 3.05) is 25.6 Å². The standard InChI is InChI=1S/C18H18Cl2N2O5/c1-4-26-15-7-11(5-6-14(15)25-3)18(24)27-9-16(23)22-17-13(20)8-12(19)10(2)21-17/h5-8H,4,9H2,1-3H3,(H,21,22,23). The van der Waals surface area contributed by atoms with Crippen molar-refractivity contribution in [3.05, 3.63) is 45.6 Å². The summed E-state index contributed by atoms with van der Waals surface area (Å²) in [7, 11) is 1.50. The second kappa shape index (κ2) is 9.43. The Morgan fingerprint density at radius 3 is 2.56 bits per heavy atom. The van der Waals surface area contributed by atoms with E-state index in [1.54, 1.807) is 13.0 Å². The van der Waals surface area contributed by atoms with Crippen molar-refractivity contribution >= 4 is 40.9 Å². The van der Waals surface area contributed by atoms with E-state index in [1.807, 2.05) is 6.92 Å². The van der Waals surface area contributed by atoms with Gasteiger partial charge in [0.05, 0.1) is 35.0 Å². The Labute approximate surface area is 166 Å². The first kappa shape index (κ1) is 20.8. The average molecular weight is 413 g/mol. The molecule has 9 heteroatoms. The molecule has 0 aliphatic heterocycles. The number of aromatic nitrogens is 1. The summed E-state index contributed by atoms with van der Waals surface area (Å²) in [4.78, 5) is 28.2. The van der Waals surface area contributed by atoms with E-state index in [2.05, 4.69) is 10.3 Å². The third-order valence-corrected chi connectivity index (χ3v) is 4.07. The number of hydrogen-bond acceptors (Lipinski definition) is 6. The minimum absolute atomic E-state index is 0.141. The molecule has 1 amide bonds. The summed E-state index contributed by atoms with van der Waals surface area (Å²) in [6, 6.07) is 6.06. The van der Waals surface area contributed by atoms with Gasteiger partial charge in [0, 0.05) is 0 Å². The highest BCUT2D eigenvalue weighted by molar-refractivity contribution is 6.36. The van der Waals surface area contributed by atoms with Crippen molar-refractivity contribution in [2.45, 2.75) is 13.8 Å². The zero-order valence-corrected chi connectivity index (χ0v) is 16.5. The quantitative estimate of drug-likeness (QED) is 0.693. The van der Waals surface area contributed by atoms with Crippen LogP contribution >= 0.6 is 23.2 Å². The van der Waals surface area contributed by atoms with Gasteiger partial charge in [0.2, 0.25) is 0 Å². The predicted molar refractivity (Wildman–Crippen MR) is 102 cm³/mol. The number of benzene rings is 1. The zero-order valence-electron chi connectivity index (χ0n) is 15.0. The largest absolute Gasteiger partial charge is 0.493 e. The molecule has 0 atom stereocenters. The van der Waals surface area contributed by atoms with Crippen molar-refractivity contribution in [1.82, 2.24) is 4.98 Å². The number of hydrogen-bond donors (Lipinski definition) is 1. The SMILES string of the molecule is CCOc1cc(C(=O)OCC(=O)Nc2nc(C)c(Cl)cc2Cl)ccc1OC. The van der Waals surface area contributed by atoms with Gasteiger partial charge in [-0.05, 0) is 38.1 Å². The Morgan fingerprint density at radius 1 is 1.15 bits per heavy atom. The number of aryl methyl sites for hydroxylation is 1. The monoisotopic (exact) mass is 412 g/mol. The van der Waals surface area contributed by atoms with Crippen LogP contribution in [0.4, 0.5) is 5.82 Å². The summed E-state index contributed by atoms with van der Waals surface area (Å²) in [6.07, 6.45) is 0. The lowest BCUT2D eigenvalue weighted by Crippen LogP contribution is -2.21. The minimum atomic E-state index is -0.680. The topological polar surface area (TPSA) is 86.8 Å². The molecule has 0 unspecified atom stereocenters. The summed E-state index contributed by atoms with van der Waals surface area (Å²) in [5.74, 6) is -0.225.